The van der Waals surface area contributed by atoms with Gasteiger partial charge in [-0.05, 0) is 32.9 Å². The van der Waals surface area contributed by atoms with Crippen LogP contribution in [0.1, 0.15) is 29.8 Å². The van der Waals surface area contributed by atoms with Crippen LogP contribution in [0.3, 0.4) is 0 Å². The van der Waals surface area contributed by atoms with Gasteiger partial charge in [0.05, 0.1) is 10.2 Å². The van der Waals surface area contributed by atoms with E-state index in [0.29, 0.717) is 0 Å². The summed E-state index contributed by atoms with van der Waals surface area (Å²) in [5, 5.41) is 4.22. The van der Waals surface area contributed by atoms with Crippen molar-refractivity contribution in [3.05, 3.63) is 59.7 Å². The Morgan fingerprint density at radius 1 is 1.14 bits per heavy atom. The molecule has 0 radical (unpaired) electrons. The van der Waals surface area contributed by atoms with Crippen molar-refractivity contribution in [3.8, 4) is 0 Å². The van der Waals surface area contributed by atoms with Crippen LogP contribution >= 0.6 is 11.3 Å². The van der Waals surface area contributed by atoms with Crippen molar-refractivity contribution in [2.45, 2.75) is 20.8 Å². The van der Waals surface area contributed by atoms with Crippen LogP contribution in [-0.2, 0) is 0 Å². The highest BCUT2D eigenvalue weighted by Crippen LogP contribution is 2.24. The summed E-state index contributed by atoms with van der Waals surface area (Å²) >= 11 is 1.70. The highest BCUT2D eigenvalue weighted by Gasteiger charge is 1.99. The van der Waals surface area contributed by atoms with Gasteiger partial charge in [0.1, 0.15) is 0 Å². The van der Waals surface area contributed by atoms with Crippen molar-refractivity contribution in [1.29, 1.82) is 0 Å². The molecule has 114 valence electrons. The number of para-hydroxylation sites is 1. The molecule has 0 saturated heterocycles. The maximum Gasteiger partial charge on any atom is 0.183 e. The first-order valence-corrected chi connectivity index (χ1v) is 8.09. The Kier molecular flexibility index (Phi) is 5.67. The minimum atomic E-state index is 0.125. The second-order valence-corrected chi connectivity index (χ2v) is 5.97. The van der Waals surface area contributed by atoms with Crippen molar-refractivity contribution < 1.29 is 4.79 Å². The largest absolute Gasteiger partial charge is 0.362 e. The van der Waals surface area contributed by atoms with E-state index < -0.39 is 0 Å². The van der Waals surface area contributed by atoms with Crippen LogP contribution in [-0.4, -0.2) is 17.3 Å². The number of hydrogen-bond acceptors (Lipinski definition) is 4. The number of fused-ring (bicyclic) bond motifs is 1. The van der Waals surface area contributed by atoms with Gasteiger partial charge in [-0.1, -0.05) is 53.3 Å². The lowest BCUT2D eigenvalue weighted by atomic mass is 10.1. The molecular formula is C18H20N2OS. The summed E-state index contributed by atoms with van der Waals surface area (Å²) in [6.07, 6.45) is 0. The van der Waals surface area contributed by atoms with Crippen molar-refractivity contribution in [3.63, 3.8) is 0 Å². The van der Waals surface area contributed by atoms with Crippen LogP contribution in [0.25, 0.3) is 10.2 Å². The third-order valence-electron chi connectivity index (χ3n) is 3.08. The summed E-state index contributed by atoms with van der Waals surface area (Å²) < 4.78 is 1.24. The number of nitrogens with one attached hydrogen (secondary N) is 1. The molecule has 1 aromatic heterocycles. The fourth-order valence-corrected chi connectivity index (χ4v) is 2.82. The Hall–Kier alpha value is -2.20. The molecule has 0 aliphatic carbocycles. The van der Waals surface area contributed by atoms with E-state index in [9.17, 15) is 4.79 Å². The Morgan fingerprint density at radius 2 is 1.82 bits per heavy atom. The third kappa shape index (κ3) is 4.40. The van der Waals surface area contributed by atoms with Crippen LogP contribution in [0, 0.1) is 6.92 Å². The fraction of sp³-hybridized carbons (Fsp3) is 0.222. The number of anilines is 1. The van der Waals surface area contributed by atoms with E-state index in [4.69, 9.17) is 0 Å². The van der Waals surface area contributed by atoms with Gasteiger partial charge in [0.25, 0.3) is 0 Å². The molecule has 0 saturated carbocycles. The van der Waals surface area contributed by atoms with Crippen LogP contribution in [0.5, 0.6) is 0 Å². The van der Waals surface area contributed by atoms with Gasteiger partial charge in [-0.3, -0.25) is 4.79 Å². The van der Waals surface area contributed by atoms with Crippen LogP contribution in [0.4, 0.5) is 5.13 Å². The molecule has 4 heteroatoms. The fourth-order valence-electron chi connectivity index (χ4n) is 1.89. The van der Waals surface area contributed by atoms with Crippen molar-refractivity contribution >= 4 is 32.5 Å². The SMILES string of the molecule is CC(=O)c1ccc(C)cc1.CCNc1nc2ccccc2s1. The summed E-state index contributed by atoms with van der Waals surface area (Å²) in [4.78, 5) is 15.2. The molecule has 3 aromatic rings. The summed E-state index contributed by atoms with van der Waals surface area (Å²) in [5.41, 5.74) is 3.05. The zero-order valence-corrected chi connectivity index (χ0v) is 13.9. The van der Waals surface area contributed by atoms with Crippen molar-refractivity contribution in [2.75, 3.05) is 11.9 Å². The van der Waals surface area contributed by atoms with Crippen LogP contribution in [0.15, 0.2) is 48.5 Å². The second-order valence-electron chi connectivity index (χ2n) is 4.94. The molecule has 0 spiro atoms. The maximum absolute atomic E-state index is 10.8. The Bertz CT molecular complexity index is 714. The number of carbonyl (C=O) groups excluding carboxylic acids is 1. The lowest BCUT2D eigenvalue weighted by Crippen LogP contribution is -1.94. The van der Waals surface area contributed by atoms with Crippen LogP contribution < -0.4 is 5.32 Å². The average molecular weight is 312 g/mol. The summed E-state index contributed by atoms with van der Waals surface area (Å²) in [5.74, 6) is 0.125. The number of aromatic nitrogens is 1. The molecule has 1 N–H and O–H groups in total. The van der Waals surface area contributed by atoms with E-state index in [1.807, 2.05) is 49.4 Å². The molecule has 0 aliphatic heterocycles. The van der Waals surface area contributed by atoms with Gasteiger partial charge in [0.15, 0.2) is 10.9 Å². The highest BCUT2D eigenvalue weighted by atomic mass is 32.1. The van der Waals surface area contributed by atoms with Gasteiger partial charge in [-0.2, -0.15) is 0 Å². The Balaban J connectivity index is 0.000000164. The molecule has 0 bridgehead atoms. The Morgan fingerprint density at radius 3 is 2.41 bits per heavy atom. The van der Waals surface area contributed by atoms with Crippen molar-refractivity contribution in [2.24, 2.45) is 0 Å². The topological polar surface area (TPSA) is 42.0 Å². The van der Waals surface area contributed by atoms with E-state index in [0.717, 1.165) is 22.8 Å². The maximum atomic E-state index is 10.8. The number of benzene rings is 2. The molecule has 0 unspecified atom stereocenters. The lowest BCUT2D eigenvalue weighted by Gasteiger charge is -1.93. The van der Waals surface area contributed by atoms with E-state index >= 15 is 0 Å². The number of nitrogens with zero attached hydrogens (tertiary/aromatic N) is 1. The number of rotatable bonds is 3. The molecule has 0 amide bonds. The minimum absolute atomic E-state index is 0.125. The number of carbonyl (C=O) groups is 1. The van der Waals surface area contributed by atoms with E-state index in [1.165, 1.54) is 10.3 Å². The number of hydrogen-bond donors (Lipinski definition) is 1. The van der Waals surface area contributed by atoms with Crippen LogP contribution in [0.2, 0.25) is 0 Å². The van der Waals surface area contributed by atoms with E-state index in [-0.39, 0.29) is 5.78 Å². The van der Waals surface area contributed by atoms with Crippen molar-refractivity contribution in [1.82, 2.24) is 4.98 Å². The standard InChI is InChI=1S/C9H10N2S.C9H10O/c1-2-10-9-11-7-5-3-4-6-8(7)12-9;1-7-3-5-9(6-4-7)8(2)10/h3-6H,2H2,1H3,(H,10,11);3-6H,1-2H3. The van der Waals surface area contributed by atoms with Gasteiger partial charge in [0.2, 0.25) is 0 Å². The predicted octanol–water partition coefficient (Wildman–Crippen LogP) is 4.93. The molecule has 22 heavy (non-hydrogen) atoms. The first kappa shape index (κ1) is 16.2. The number of Topliss-reactive ketones (excluding diaryl/α,β-unsaturated/α-hetero) is 1. The molecule has 0 aliphatic rings. The molecule has 0 fully saturated rings. The smallest absolute Gasteiger partial charge is 0.183 e. The minimum Gasteiger partial charge on any atom is -0.362 e. The third-order valence-corrected chi connectivity index (χ3v) is 4.07. The highest BCUT2D eigenvalue weighted by molar-refractivity contribution is 7.22. The van der Waals surface area contributed by atoms with Gasteiger partial charge in [0, 0.05) is 12.1 Å². The first-order valence-electron chi connectivity index (χ1n) is 7.27. The zero-order chi connectivity index (χ0) is 15.9. The van der Waals surface area contributed by atoms with Gasteiger partial charge < -0.3 is 5.32 Å². The second kappa shape index (κ2) is 7.71. The van der Waals surface area contributed by atoms with Gasteiger partial charge in [-0.15, -0.1) is 0 Å². The summed E-state index contributed by atoms with van der Waals surface area (Å²) in [6.45, 7) is 6.58. The summed E-state index contributed by atoms with van der Waals surface area (Å²) in [7, 11) is 0. The normalized spacial score (nSPS) is 9.95. The average Bonchev–Trinajstić information content (AvgIpc) is 2.91. The predicted molar refractivity (Wildman–Crippen MR) is 95.0 cm³/mol. The number of ketones is 1. The van der Waals surface area contributed by atoms with E-state index in [1.54, 1.807) is 18.3 Å². The molecule has 2 aromatic carbocycles. The zero-order valence-electron chi connectivity index (χ0n) is 13.1. The molecule has 0 atom stereocenters. The lowest BCUT2D eigenvalue weighted by molar-refractivity contribution is 0.101. The first-order chi connectivity index (χ1) is 10.6. The Labute approximate surface area is 135 Å². The van der Waals surface area contributed by atoms with E-state index in [2.05, 4.69) is 23.3 Å². The van der Waals surface area contributed by atoms with Gasteiger partial charge in [-0.25, -0.2) is 4.98 Å². The monoisotopic (exact) mass is 312 g/mol. The molecular weight excluding hydrogens is 292 g/mol. The number of aryl methyl sites for hydroxylation is 1. The summed E-state index contributed by atoms with van der Waals surface area (Å²) in [6, 6.07) is 15.7. The number of thiazole rings is 1. The quantitative estimate of drug-likeness (QED) is 0.698. The molecule has 1 heterocycles. The van der Waals surface area contributed by atoms with Gasteiger partial charge >= 0.3 is 0 Å². The molecule has 3 rings (SSSR count). The molecule has 3 nitrogen and oxygen atoms in total.